The predicted octanol–water partition coefficient (Wildman–Crippen LogP) is 0.764. The van der Waals surface area contributed by atoms with Gasteiger partial charge in [-0.05, 0) is 20.0 Å². The van der Waals surface area contributed by atoms with Gasteiger partial charge in [0.15, 0.2) is 0 Å². The lowest BCUT2D eigenvalue weighted by Crippen LogP contribution is -2.43. The number of esters is 1. The predicted molar refractivity (Wildman–Crippen MR) is 54.7 cm³/mol. The molecule has 0 heterocycles. The number of hydrogen-bond acceptors (Lipinski definition) is 4. The van der Waals surface area contributed by atoms with Gasteiger partial charge in [0.25, 0.3) is 0 Å². The number of aliphatic hydroxyl groups is 1. The van der Waals surface area contributed by atoms with E-state index in [1.165, 1.54) is 0 Å². The third-order valence-electron chi connectivity index (χ3n) is 2.20. The van der Waals surface area contributed by atoms with Crippen LogP contribution in [0.25, 0.3) is 0 Å². The molecule has 0 spiro atoms. The summed E-state index contributed by atoms with van der Waals surface area (Å²) in [6, 6.07) is -0.200. The molecule has 2 unspecified atom stereocenters. The number of rotatable bonds is 6. The summed E-state index contributed by atoms with van der Waals surface area (Å²) in [7, 11) is 0. The van der Waals surface area contributed by atoms with Gasteiger partial charge in [0.2, 0.25) is 6.29 Å². The largest absolute Gasteiger partial charge is 0.431 e. The van der Waals surface area contributed by atoms with Crippen molar-refractivity contribution in [3.63, 3.8) is 0 Å². The molecule has 0 saturated heterocycles. The highest BCUT2D eigenvalue weighted by Crippen LogP contribution is 2.05. The van der Waals surface area contributed by atoms with E-state index in [1.807, 2.05) is 25.7 Å². The zero-order valence-electron chi connectivity index (χ0n) is 9.06. The Hall–Kier alpha value is -0.870. The van der Waals surface area contributed by atoms with Crippen LogP contribution in [-0.2, 0) is 9.53 Å². The van der Waals surface area contributed by atoms with E-state index in [0.29, 0.717) is 0 Å². The van der Waals surface area contributed by atoms with Gasteiger partial charge in [-0.1, -0.05) is 20.4 Å². The molecule has 0 aliphatic carbocycles. The molecule has 0 bridgehead atoms. The smallest absolute Gasteiger partial charge is 0.332 e. The van der Waals surface area contributed by atoms with Crippen molar-refractivity contribution in [2.45, 2.75) is 33.1 Å². The molecule has 0 aromatic rings. The maximum absolute atomic E-state index is 10.8. The number of hydrogen-bond donors (Lipinski definition) is 1. The topological polar surface area (TPSA) is 49.8 Å². The van der Waals surface area contributed by atoms with Crippen LogP contribution in [0.5, 0.6) is 0 Å². The average molecular weight is 201 g/mol. The molecule has 4 nitrogen and oxygen atoms in total. The SMILES string of the molecule is C=CC(=O)OC(O)C(C)N(CC)CC. The average Bonchev–Trinajstić information content (AvgIpc) is 2.19. The lowest BCUT2D eigenvalue weighted by molar-refractivity contribution is -0.172. The quantitative estimate of drug-likeness (QED) is 0.391. The molecule has 2 atom stereocenters. The molecule has 0 aromatic carbocycles. The van der Waals surface area contributed by atoms with Crippen LogP contribution in [0.4, 0.5) is 0 Å². The second-order valence-electron chi connectivity index (χ2n) is 2.99. The Bertz CT molecular complexity index is 190. The number of ether oxygens (including phenoxy) is 1. The Morgan fingerprint density at radius 1 is 1.57 bits per heavy atom. The summed E-state index contributed by atoms with van der Waals surface area (Å²) < 4.78 is 4.70. The molecule has 0 rings (SSSR count). The molecule has 0 saturated carbocycles. The van der Waals surface area contributed by atoms with Crippen LogP contribution in [0.15, 0.2) is 12.7 Å². The third-order valence-corrected chi connectivity index (χ3v) is 2.20. The monoisotopic (exact) mass is 201 g/mol. The highest BCUT2D eigenvalue weighted by Gasteiger charge is 2.21. The lowest BCUT2D eigenvalue weighted by Gasteiger charge is -2.29. The minimum atomic E-state index is -1.10. The van der Waals surface area contributed by atoms with E-state index >= 15 is 0 Å². The summed E-state index contributed by atoms with van der Waals surface area (Å²) >= 11 is 0. The molecule has 4 heteroatoms. The van der Waals surface area contributed by atoms with Crippen molar-refractivity contribution in [3.8, 4) is 0 Å². The first-order chi connectivity index (χ1) is 6.56. The van der Waals surface area contributed by atoms with Crippen LogP contribution in [-0.4, -0.2) is 41.4 Å². The third kappa shape index (κ3) is 3.89. The van der Waals surface area contributed by atoms with Crippen molar-refractivity contribution in [2.24, 2.45) is 0 Å². The molecule has 14 heavy (non-hydrogen) atoms. The Morgan fingerprint density at radius 2 is 2.07 bits per heavy atom. The van der Waals surface area contributed by atoms with Crippen LogP contribution < -0.4 is 0 Å². The molecular formula is C10H19NO3. The molecule has 0 aromatic heterocycles. The first-order valence-corrected chi connectivity index (χ1v) is 4.81. The molecule has 0 amide bonds. The summed E-state index contributed by atoms with van der Waals surface area (Å²) in [5.41, 5.74) is 0. The summed E-state index contributed by atoms with van der Waals surface area (Å²) in [5.74, 6) is -0.600. The number of carbonyl (C=O) groups excluding carboxylic acids is 1. The van der Waals surface area contributed by atoms with Crippen molar-refractivity contribution < 1.29 is 14.6 Å². The van der Waals surface area contributed by atoms with Gasteiger partial charge < -0.3 is 9.84 Å². The molecular weight excluding hydrogens is 182 g/mol. The second-order valence-corrected chi connectivity index (χ2v) is 2.99. The van der Waals surface area contributed by atoms with Crippen molar-refractivity contribution in [2.75, 3.05) is 13.1 Å². The summed E-state index contributed by atoms with van der Waals surface area (Å²) in [5, 5.41) is 9.52. The van der Waals surface area contributed by atoms with Crippen LogP contribution in [0.2, 0.25) is 0 Å². The van der Waals surface area contributed by atoms with Gasteiger partial charge in [0.05, 0.1) is 6.04 Å². The highest BCUT2D eigenvalue weighted by molar-refractivity contribution is 5.81. The number of aliphatic hydroxyl groups excluding tert-OH is 1. The fraction of sp³-hybridized carbons (Fsp3) is 0.700. The van der Waals surface area contributed by atoms with Gasteiger partial charge in [0.1, 0.15) is 0 Å². The van der Waals surface area contributed by atoms with E-state index in [-0.39, 0.29) is 6.04 Å². The number of carbonyl (C=O) groups is 1. The summed E-state index contributed by atoms with van der Waals surface area (Å²) in [6.45, 7) is 10.7. The summed E-state index contributed by atoms with van der Waals surface area (Å²) in [6.07, 6.45) is -0.0570. The van der Waals surface area contributed by atoms with Crippen LogP contribution >= 0.6 is 0 Å². The molecule has 1 N–H and O–H groups in total. The van der Waals surface area contributed by atoms with Crippen molar-refractivity contribution in [3.05, 3.63) is 12.7 Å². The molecule has 82 valence electrons. The normalized spacial score (nSPS) is 14.9. The van der Waals surface area contributed by atoms with E-state index in [9.17, 15) is 9.90 Å². The summed E-state index contributed by atoms with van der Waals surface area (Å²) in [4.78, 5) is 12.8. The van der Waals surface area contributed by atoms with E-state index in [0.717, 1.165) is 19.2 Å². The maximum Gasteiger partial charge on any atom is 0.332 e. The van der Waals surface area contributed by atoms with Crippen molar-refractivity contribution in [1.29, 1.82) is 0 Å². The van der Waals surface area contributed by atoms with E-state index in [2.05, 4.69) is 6.58 Å². The number of likely N-dealkylation sites (N-methyl/N-ethyl adjacent to an activating group) is 1. The first-order valence-electron chi connectivity index (χ1n) is 4.81. The van der Waals surface area contributed by atoms with E-state index < -0.39 is 12.3 Å². The lowest BCUT2D eigenvalue weighted by atomic mass is 10.2. The van der Waals surface area contributed by atoms with Crippen molar-refractivity contribution >= 4 is 5.97 Å². The first kappa shape index (κ1) is 13.1. The maximum atomic E-state index is 10.8. The van der Waals surface area contributed by atoms with E-state index in [4.69, 9.17) is 4.74 Å². The van der Waals surface area contributed by atoms with Gasteiger partial charge in [-0.3, -0.25) is 4.90 Å². The van der Waals surface area contributed by atoms with Crippen LogP contribution in [0, 0.1) is 0 Å². The fourth-order valence-electron chi connectivity index (χ4n) is 1.25. The van der Waals surface area contributed by atoms with Crippen LogP contribution in [0.3, 0.4) is 0 Å². The molecule has 0 radical (unpaired) electrons. The minimum Gasteiger partial charge on any atom is -0.431 e. The van der Waals surface area contributed by atoms with Gasteiger partial charge >= 0.3 is 5.97 Å². The zero-order valence-corrected chi connectivity index (χ0v) is 9.06. The van der Waals surface area contributed by atoms with Gasteiger partial charge in [-0.2, -0.15) is 0 Å². The van der Waals surface area contributed by atoms with Gasteiger partial charge in [-0.15, -0.1) is 0 Å². The Balaban J connectivity index is 4.15. The van der Waals surface area contributed by atoms with Gasteiger partial charge in [0, 0.05) is 6.08 Å². The minimum absolute atomic E-state index is 0.200. The molecule has 0 aliphatic heterocycles. The Labute approximate surface area is 85.2 Å². The fourth-order valence-corrected chi connectivity index (χ4v) is 1.25. The molecule has 0 aliphatic rings. The van der Waals surface area contributed by atoms with Crippen molar-refractivity contribution in [1.82, 2.24) is 4.90 Å². The number of nitrogens with zero attached hydrogens (tertiary/aromatic N) is 1. The second kappa shape index (κ2) is 6.56. The Morgan fingerprint density at radius 3 is 2.43 bits per heavy atom. The Kier molecular flexibility index (Phi) is 6.16. The van der Waals surface area contributed by atoms with Crippen LogP contribution in [0.1, 0.15) is 20.8 Å². The van der Waals surface area contributed by atoms with Gasteiger partial charge in [-0.25, -0.2) is 4.79 Å². The molecule has 0 fully saturated rings. The highest BCUT2D eigenvalue weighted by atomic mass is 16.6. The zero-order chi connectivity index (χ0) is 11.1. The van der Waals surface area contributed by atoms with E-state index in [1.54, 1.807) is 0 Å². The standard InChI is InChI=1S/C10H19NO3/c1-5-9(12)14-10(13)8(4)11(6-2)7-3/h5,8,10,13H,1,6-7H2,2-4H3.